The molecule has 2 fully saturated rings. The van der Waals surface area contributed by atoms with Gasteiger partial charge in [-0.05, 0) is 31.2 Å². The van der Waals surface area contributed by atoms with E-state index in [0.717, 1.165) is 29.3 Å². The summed E-state index contributed by atoms with van der Waals surface area (Å²) in [6, 6.07) is 14.0. The zero-order valence-electron chi connectivity index (χ0n) is 15.9. The van der Waals surface area contributed by atoms with Gasteiger partial charge in [-0.25, -0.2) is 9.37 Å². The lowest BCUT2D eigenvalue weighted by atomic mass is 10.1. The van der Waals surface area contributed by atoms with E-state index >= 15 is 0 Å². The summed E-state index contributed by atoms with van der Waals surface area (Å²) < 4.78 is 15.5. The van der Waals surface area contributed by atoms with E-state index in [2.05, 4.69) is 22.2 Å². The van der Waals surface area contributed by atoms with E-state index in [9.17, 15) is 9.18 Å². The number of benzene rings is 1. The largest absolute Gasteiger partial charge is 0.353 e. The lowest BCUT2D eigenvalue weighted by Gasteiger charge is -2.19. The maximum absolute atomic E-state index is 13.8. The fraction of sp³-hybridized carbons (Fsp3) is 0.409. The Kier molecular flexibility index (Phi) is 4.14. The first-order valence-electron chi connectivity index (χ1n) is 9.91. The topological polar surface area (TPSA) is 50.5 Å². The highest BCUT2D eigenvalue weighted by Crippen LogP contribution is 2.48. The van der Waals surface area contributed by atoms with Crippen LogP contribution in [0, 0.1) is 12.8 Å². The Balaban J connectivity index is 1.39. The third-order valence-corrected chi connectivity index (χ3v) is 5.83. The standard InChI is InChI=1S/C22H23FN4O/c1-14-9-21-24-17(11-22(27(21)25-14)26-8-7-16(23)13-26)10-20(28)19-12-18(19)15-5-3-2-4-6-15/h2-6,9,11,16,18-19H,7-8,10,12-13H2,1H3/t16-,18?,19?/m0/s1. The summed E-state index contributed by atoms with van der Waals surface area (Å²) in [5, 5.41) is 4.51. The average Bonchev–Trinajstić information content (AvgIpc) is 3.24. The fourth-order valence-electron chi connectivity index (χ4n) is 4.29. The van der Waals surface area contributed by atoms with Crippen molar-refractivity contribution in [3.63, 3.8) is 0 Å². The molecular weight excluding hydrogens is 355 g/mol. The summed E-state index contributed by atoms with van der Waals surface area (Å²) in [5.74, 6) is 1.48. The van der Waals surface area contributed by atoms with E-state index < -0.39 is 6.17 Å². The van der Waals surface area contributed by atoms with Crippen LogP contribution in [-0.4, -0.2) is 39.6 Å². The molecule has 5 nitrogen and oxygen atoms in total. The zero-order valence-corrected chi connectivity index (χ0v) is 15.9. The first-order valence-corrected chi connectivity index (χ1v) is 9.91. The van der Waals surface area contributed by atoms with E-state index in [1.165, 1.54) is 5.56 Å². The Morgan fingerprint density at radius 2 is 2.07 bits per heavy atom. The van der Waals surface area contributed by atoms with Crippen LogP contribution in [0.25, 0.3) is 5.65 Å². The average molecular weight is 378 g/mol. The molecule has 28 heavy (non-hydrogen) atoms. The van der Waals surface area contributed by atoms with Crippen molar-refractivity contribution in [2.45, 2.75) is 38.3 Å². The lowest BCUT2D eigenvalue weighted by Crippen LogP contribution is -2.23. The predicted octanol–water partition coefficient (Wildman–Crippen LogP) is 3.50. The van der Waals surface area contributed by atoms with Crippen LogP contribution in [-0.2, 0) is 11.2 Å². The van der Waals surface area contributed by atoms with Crippen LogP contribution < -0.4 is 4.90 Å². The van der Waals surface area contributed by atoms with Crippen molar-refractivity contribution in [2.24, 2.45) is 5.92 Å². The molecule has 0 amide bonds. The van der Waals surface area contributed by atoms with Gasteiger partial charge in [-0.15, -0.1) is 0 Å². The number of rotatable bonds is 5. The molecule has 5 rings (SSSR count). The van der Waals surface area contributed by atoms with Gasteiger partial charge in [-0.3, -0.25) is 4.79 Å². The Hall–Kier alpha value is -2.76. The van der Waals surface area contributed by atoms with E-state index in [0.29, 0.717) is 31.8 Å². The number of hydrogen-bond acceptors (Lipinski definition) is 4. The maximum Gasteiger partial charge on any atom is 0.157 e. The number of carbonyl (C=O) groups excluding carboxylic acids is 1. The summed E-state index contributed by atoms with van der Waals surface area (Å²) in [6.07, 6.45) is 0.941. The molecule has 2 aliphatic rings. The highest BCUT2D eigenvalue weighted by Gasteiger charge is 2.43. The van der Waals surface area contributed by atoms with Gasteiger partial charge < -0.3 is 4.90 Å². The van der Waals surface area contributed by atoms with Crippen molar-refractivity contribution in [3.05, 3.63) is 59.4 Å². The molecule has 1 saturated carbocycles. The molecule has 3 aromatic rings. The van der Waals surface area contributed by atoms with Gasteiger partial charge >= 0.3 is 0 Å². The zero-order chi connectivity index (χ0) is 19.3. The first kappa shape index (κ1) is 17.3. The van der Waals surface area contributed by atoms with E-state index in [-0.39, 0.29) is 11.7 Å². The van der Waals surface area contributed by atoms with Gasteiger partial charge in [0.05, 0.1) is 17.9 Å². The van der Waals surface area contributed by atoms with Crippen LogP contribution in [0.1, 0.15) is 35.7 Å². The molecule has 1 aliphatic carbocycles. The Morgan fingerprint density at radius 3 is 2.82 bits per heavy atom. The molecular formula is C22H23FN4O. The Morgan fingerprint density at radius 1 is 1.25 bits per heavy atom. The van der Waals surface area contributed by atoms with Crippen LogP contribution in [0.15, 0.2) is 42.5 Å². The van der Waals surface area contributed by atoms with Gasteiger partial charge in [0, 0.05) is 31.0 Å². The second-order valence-electron chi connectivity index (χ2n) is 8.00. The van der Waals surface area contributed by atoms with Gasteiger partial charge in [0.15, 0.2) is 5.65 Å². The van der Waals surface area contributed by atoms with Crippen molar-refractivity contribution in [1.29, 1.82) is 0 Å². The smallest absolute Gasteiger partial charge is 0.157 e. The van der Waals surface area contributed by atoms with Crippen LogP contribution in [0.5, 0.6) is 0 Å². The molecule has 0 bridgehead atoms. The van der Waals surface area contributed by atoms with Gasteiger partial charge in [-0.2, -0.15) is 9.61 Å². The summed E-state index contributed by atoms with van der Waals surface area (Å²) in [5.41, 5.74) is 3.56. The van der Waals surface area contributed by atoms with E-state index in [4.69, 9.17) is 0 Å². The van der Waals surface area contributed by atoms with Crippen molar-refractivity contribution in [3.8, 4) is 0 Å². The molecule has 3 atom stereocenters. The van der Waals surface area contributed by atoms with E-state index in [1.807, 2.05) is 42.2 Å². The Bertz CT molecular complexity index is 1030. The highest BCUT2D eigenvalue weighted by molar-refractivity contribution is 5.87. The molecule has 2 aromatic heterocycles. The second-order valence-corrected chi connectivity index (χ2v) is 8.00. The fourth-order valence-corrected chi connectivity index (χ4v) is 4.29. The Labute approximate surface area is 163 Å². The molecule has 1 aromatic carbocycles. The summed E-state index contributed by atoms with van der Waals surface area (Å²) in [6.45, 7) is 2.94. The van der Waals surface area contributed by atoms with Crippen molar-refractivity contribution < 1.29 is 9.18 Å². The minimum absolute atomic E-state index is 0.0810. The molecule has 0 spiro atoms. The van der Waals surface area contributed by atoms with Crippen molar-refractivity contribution in [1.82, 2.24) is 14.6 Å². The number of hydrogen-bond donors (Lipinski definition) is 0. The summed E-state index contributed by atoms with van der Waals surface area (Å²) in [7, 11) is 0. The number of anilines is 1. The van der Waals surface area contributed by atoms with Gasteiger partial charge in [0.2, 0.25) is 0 Å². The quantitative estimate of drug-likeness (QED) is 0.682. The van der Waals surface area contributed by atoms with Crippen LogP contribution in [0.2, 0.25) is 0 Å². The minimum atomic E-state index is -0.817. The highest BCUT2D eigenvalue weighted by atomic mass is 19.1. The van der Waals surface area contributed by atoms with Crippen LogP contribution >= 0.6 is 0 Å². The number of Topliss-reactive ketones (excluding diaryl/α,β-unsaturated/α-hetero) is 1. The summed E-state index contributed by atoms with van der Waals surface area (Å²) in [4.78, 5) is 19.5. The third-order valence-electron chi connectivity index (χ3n) is 5.83. The molecule has 0 N–H and O–H groups in total. The number of carbonyl (C=O) groups is 1. The van der Waals surface area contributed by atoms with Crippen LogP contribution in [0.4, 0.5) is 10.2 Å². The number of alkyl halides is 1. The number of fused-ring (bicyclic) bond motifs is 1. The molecule has 1 saturated heterocycles. The number of aromatic nitrogens is 3. The number of aryl methyl sites for hydroxylation is 1. The normalized spacial score (nSPS) is 24.1. The molecule has 3 heterocycles. The molecule has 0 radical (unpaired) electrons. The number of nitrogens with zero attached hydrogens (tertiary/aromatic N) is 4. The number of ketones is 1. The molecule has 6 heteroatoms. The monoisotopic (exact) mass is 378 g/mol. The summed E-state index contributed by atoms with van der Waals surface area (Å²) >= 11 is 0. The minimum Gasteiger partial charge on any atom is -0.353 e. The predicted molar refractivity (Wildman–Crippen MR) is 105 cm³/mol. The van der Waals surface area contributed by atoms with Crippen LogP contribution in [0.3, 0.4) is 0 Å². The third kappa shape index (κ3) is 3.17. The van der Waals surface area contributed by atoms with Gasteiger partial charge in [0.1, 0.15) is 17.8 Å². The maximum atomic E-state index is 13.8. The lowest BCUT2D eigenvalue weighted by molar-refractivity contribution is -0.119. The second kappa shape index (κ2) is 6.69. The molecule has 144 valence electrons. The molecule has 2 unspecified atom stereocenters. The molecule has 1 aliphatic heterocycles. The van der Waals surface area contributed by atoms with Gasteiger partial charge in [0.25, 0.3) is 0 Å². The number of halogens is 1. The SMILES string of the molecule is Cc1cc2nc(CC(=O)C3CC3c3ccccc3)cc(N3CC[C@H](F)C3)n2n1. The first-order chi connectivity index (χ1) is 13.6. The van der Waals surface area contributed by atoms with Gasteiger partial charge in [-0.1, -0.05) is 30.3 Å². The van der Waals surface area contributed by atoms with Crippen molar-refractivity contribution >= 4 is 17.2 Å². The van der Waals surface area contributed by atoms with Crippen molar-refractivity contribution in [2.75, 3.05) is 18.0 Å². The van der Waals surface area contributed by atoms with E-state index in [1.54, 1.807) is 4.52 Å².